The third kappa shape index (κ3) is 6.75. The van der Waals surface area contributed by atoms with Crippen molar-refractivity contribution in [1.29, 1.82) is 0 Å². The lowest BCUT2D eigenvalue weighted by atomic mass is 9.86. The zero-order valence-electron chi connectivity index (χ0n) is 16.2. The van der Waals surface area contributed by atoms with Crippen LogP contribution in [0.15, 0.2) is 53.4 Å². The Labute approximate surface area is 161 Å². The summed E-state index contributed by atoms with van der Waals surface area (Å²) < 4.78 is 5.88. The molecule has 0 aliphatic carbocycles. The first-order chi connectivity index (χ1) is 12.4. The summed E-state index contributed by atoms with van der Waals surface area (Å²) >= 11 is 1.71. The molecule has 0 spiro atoms. The van der Waals surface area contributed by atoms with E-state index in [9.17, 15) is 4.79 Å². The number of ether oxygens (including phenoxy) is 1. The molecule has 140 valence electrons. The van der Waals surface area contributed by atoms with Crippen LogP contribution in [0.25, 0.3) is 0 Å². The number of nitrogens with one attached hydrogen (secondary N) is 1. The van der Waals surface area contributed by atoms with E-state index in [1.54, 1.807) is 11.8 Å². The molecule has 0 heterocycles. The summed E-state index contributed by atoms with van der Waals surface area (Å²) in [6.45, 7) is 9.58. The van der Waals surface area contributed by atoms with Crippen LogP contribution < -0.4 is 10.1 Å². The summed E-state index contributed by atoms with van der Waals surface area (Å²) in [5.41, 5.74) is 2.47. The zero-order valence-corrected chi connectivity index (χ0v) is 17.0. The van der Waals surface area contributed by atoms with Crippen LogP contribution in [-0.4, -0.2) is 24.8 Å². The molecule has 0 aliphatic rings. The Morgan fingerprint density at radius 1 is 1.08 bits per heavy atom. The number of benzene rings is 2. The van der Waals surface area contributed by atoms with Gasteiger partial charge in [-0.1, -0.05) is 56.7 Å². The van der Waals surface area contributed by atoms with Gasteiger partial charge < -0.3 is 10.1 Å². The van der Waals surface area contributed by atoms with Gasteiger partial charge in [0.1, 0.15) is 12.4 Å². The standard InChI is InChI=1S/C22H29NO2S/c1-17-9-11-18(12-10-17)26-16-13-21(24)23-14-15-25-20-8-6-5-7-19(20)22(2,3)4/h5-12H,13-16H2,1-4H3,(H,23,24). The van der Waals surface area contributed by atoms with Gasteiger partial charge in [0.05, 0.1) is 6.54 Å². The number of carbonyl (C=O) groups excluding carboxylic acids is 1. The predicted octanol–water partition coefficient (Wildman–Crippen LogP) is 4.97. The molecule has 0 fully saturated rings. The fraction of sp³-hybridized carbons (Fsp3) is 0.409. The van der Waals surface area contributed by atoms with Gasteiger partial charge in [0.15, 0.2) is 0 Å². The fourth-order valence-electron chi connectivity index (χ4n) is 2.55. The average Bonchev–Trinajstić information content (AvgIpc) is 2.60. The van der Waals surface area contributed by atoms with Gasteiger partial charge in [0.25, 0.3) is 0 Å². The second-order valence-electron chi connectivity index (χ2n) is 7.36. The van der Waals surface area contributed by atoms with Crippen molar-refractivity contribution in [2.45, 2.75) is 44.4 Å². The minimum absolute atomic E-state index is 0.0348. The molecule has 0 aliphatic heterocycles. The molecule has 0 atom stereocenters. The van der Waals surface area contributed by atoms with Crippen LogP contribution in [0.3, 0.4) is 0 Å². The molecule has 0 bridgehead atoms. The molecule has 0 radical (unpaired) electrons. The van der Waals surface area contributed by atoms with Crippen LogP contribution in [0.4, 0.5) is 0 Å². The van der Waals surface area contributed by atoms with Gasteiger partial charge in [-0.05, 0) is 36.1 Å². The molecule has 0 saturated carbocycles. The lowest BCUT2D eigenvalue weighted by Crippen LogP contribution is -2.28. The smallest absolute Gasteiger partial charge is 0.220 e. The number of para-hydroxylation sites is 1. The van der Waals surface area contributed by atoms with E-state index in [0.717, 1.165) is 11.5 Å². The third-order valence-electron chi connectivity index (χ3n) is 4.00. The molecule has 1 N–H and O–H groups in total. The molecule has 2 aromatic carbocycles. The number of hydrogen-bond donors (Lipinski definition) is 1. The maximum atomic E-state index is 11.9. The van der Waals surface area contributed by atoms with Gasteiger partial charge in [-0.3, -0.25) is 4.79 Å². The van der Waals surface area contributed by atoms with Crippen LogP contribution in [-0.2, 0) is 10.2 Å². The second kappa shape index (κ2) is 9.67. The maximum Gasteiger partial charge on any atom is 0.220 e. The summed E-state index contributed by atoms with van der Waals surface area (Å²) in [6, 6.07) is 16.5. The van der Waals surface area contributed by atoms with Gasteiger partial charge >= 0.3 is 0 Å². The van der Waals surface area contributed by atoms with Gasteiger partial charge in [-0.15, -0.1) is 11.8 Å². The Morgan fingerprint density at radius 3 is 2.46 bits per heavy atom. The number of hydrogen-bond acceptors (Lipinski definition) is 3. The van der Waals surface area contributed by atoms with Crippen molar-refractivity contribution >= 4 is 17.7 Å². The first kappa shape index (κ1) is 20.4. The quantitative estimate of drug-likeness (QED) is 0.526. The molecular weight excluding hydrogens is 342 g/mol. The van der Waals surface area contributed by atoms with Crippen molar-refractivity contribution in [3.63, 3.8) is 0 Å². The molecule has 0 saturated heterocycles. The van der Waals surface area contributed by atoms with Crippen LogP contribution in [0.2, 0.25) is 0 Å². The van der Waals surface area contributed by atoms with Crippen LogP contribution in [0.1, 0.15) is 38.3 Å². The highest BCUT2D eigenvalue weighted by Crippen LogP contribution is 2.30. The normalized spacial score (nSPS) is 11.2. The first-order valence-corrected chi connectivity index (χ1v) is 10.0. The molecule has 1 amide bonds. The van der Waals surface area contributed by atoms with Gasteiger partial charge in [-0.2, -0.15) is 0 Å². The topological polar surface area (TPSA) is 38.3 Å². The minimum Gasteiger partial charge on any atom is -0.491 e. The van der Waals surface area contributed by atoms with E-state index in [2.05, 4.69) is 63.3 Å². The summed E-state index contributed by atoms with van der Waals surface area (Å²) in [5.74, 6) is 1.74. The van der Waals surface area contributed by atoms with Crippen molar-refractivity contribution in [2.24, 2.45) is 0 Å². The number of carbonyl (C=O) groups is 1. The van der Waals surface area contributed by atoms with Crippen LogP contribution in [0, 0.1) is 6.92 Å². The van der Waals surface area contributed by atoms with E-state index in [-0.39, 0.29) is 11.3 Å². The SMILES string of the molecule is Cc1ccc(SCCC(=O)NCCOc2ccccc2C(C)(C)C)cc1. The van der Waals surface area contributed by atoms with E-state index in [1.807, 2.05) is 18.2 Å². The van der Waals surface area contributed by atoms with E-state index in [1.165, 1.54) is 16.0 Å². The fourth-order valence-corrected chi connectivity index (χ4v) is 3.40. The first-order valence-electron chi connectivity index (χ1n) is 9.05. The number of aryl methyl sites for hydroxylation is 1. The number of thioether (sulfide) groups is 1. The van der Waals surface area contributed by atoms with E-state index >= 15 is 0 Å². The predicted molar refractivity (Wildman–Crippen MR) is 110 cm³/mol. The van der Waals surface area contributed by atoms with Crippen LogP contribution >= 0.6 is 11.8 Å². The monoisotopic (exact) mass is 371 g/mol. The summed E-state index contributed by atoms with van der Waals surface area (Å²) in [5, 5.41) is 2.93. The molecule has 2 aromatic rings. The lowest BCUT2D eigenvalue weighted by Gasteiger charge is -2.22. The van der Waals surface area contributed by atoms with Crippen molar-refractivity contribution in [3.05, 3.63) is 59.7 Å². The largest absolute Gasteiger partial charge is 0.491 e. The molecule has 3 nitrogen and oxygen atoms in total. The third-order valence-corrected chi connectivity index (χ3v) is 5.01. The summed E-state index contributed by atoms with van der Waals surface area (Å²) in [7, 11) is 0. The highest BCUT2D eigenvalue weighted by atomic mass is 32.2. The molecule has 2 rings (SSSR count). The Bertz CT molecular complexity index is 705. The highest BCUT2D eigenvalue weighted by molar-refractivity contribution is 7.99. The van der Waals surface area contributed by atoms with E-state index in [0.29, 0.717) is 19.6 Å². The van der Waals surface area contributed by atoms with Crippen molar-refractivity contribution in [2.75, 3.05) is 18.9 Å². The number of amides is 1. The highest BCUT2D eigenvalue weighted by Gasteiger charge is 2.18. The van der Waals surface area contributed by atoms with E-state index in [4.69, 9.17) is 4.74 Å². The Morgan fingerprint density at radius 2 is 1.77 bits per heavy atom. The lowest BCUT2D eigenvalue weighted by molar-refractivity contribution is -0.120. The zero-order chi connectivity index (χ0) is 19.0. The summed E-state index contributed by atoms with van der Waals surface area (Å²) in [6.07, 6.45) is 0.511. The second-order valence-corrected chi connectivity index (χ2v) is 8.52. The Hall–Kier alpha value is -1.94. The van der Waals surface area contributed by atoms with Gasteiger partial charge in [-0.25, -0.2) is 0 Å². The molecule has 0 aromatic heterocycles. The molecular formula is C22H29NO2S. The van der Waals surface area contributed by atoms with E-state index < -0.39 is 0 Å². The number of rotatable bonds is 8. The Kier molecular flexibility index (Phi) is 7.58. The minimum atomic E-state index is 0.0348. The molecule has 4 heteroatoms. The van der Waals surface area contributed by atoms with Crippen molar-refractivity contribution < 1.29 is 9.53 Å². The van der Waals surface area contributed by atoms with Gasteiger partial charge in [0, 0.05) is 17.1 Å². The average molecular weight is 372 g/mol. The van der Waals surface area contributed by atoms with Gasteiger partial charge in [0.2, 0.25) is 5.91 Å². The maximum absolute atomic E-state index is 11.9. The van der Waals surface area contributed by atoms with Crippen molar-refractivity contribution in [1.82, 2.24) is 5.32 Å². The molecule has 26 heavy (non-hydrogen) atoms. The Balaban J connectivity index is 1.67. The van der Waals surface area contributed by atoms with Crippen LogP contribution in [0.5, 0.6) is 5.75 Å². The molecule has 0 unspecified atom stereocenters. The van der Waals surface area contributed by atoms with Crippen molar-refractivity contribution in [3.8, 4) is 5.75 Å². The summed E-state index contributed by atoms with van der Waals surface area (Å²) in [4.78, 5) is 13.1.